The average Bonchev–Trinajstić information content (AvgIpc) is 3.81. The third kappa shape index (κ3) is 4.89. The number of hydrogen-bond donors (Lipinski definition) is 0. The van der Waals surface area contributed by atoms with Crippen molar-refractivity contribution < 1.29 is 0 Å². The Hall–Kier alpha value is -6.26. The first-order chi connectivity index (χ1) is 26.3. The van der Waals surface area contributed by atoms with Crippen LogP contribution in [0.15, 0.2) is 188 Å². The summed E-state index contributed by atoms with van der Waals surface area (Å²) in [5, 5.41) is 10.5. The van der Waals surface area contributed by atoms with Gasteiger partial charge < -0.3 is 4.90 Å². The minimum absolute atomic E-state index is 1.13. The molecule has 0 aliphatic rings. The zero-order valence-electron chi connectivity index (χ0n) is 28.7. The van der Waals surface area contributed by atoms with E-state index >= 15 is 0 Å². The first-order valence-electron chi connectivity index (χ1n) is 18.0. The Morgan fingerprint density at radius 1 is 0.321 bits per heavy atom. The molecule has 0 saturated heterocycles. The van der Waals surface area contributed by atoms with Crippen LogP contribution in [0.4, 0.5) is 17.1 Å². The van der Waals surface area contributed by atoms with E-state index in [0.717, 1.165) is 11.4 Å². The molecule has 2 heterocycles. The number of nitrogens with zero attached hydrogens (tertiary/aromatic N) is 1. The maximum absolute atomic E-state index is 2.44. The third-order valence-corrected chi connectivity index (χ3v) is 13.1. The maximum Gasteiger partial charge on any atom is 0.0640 e. The molecular formula is C50H31NS2. The summed E-state index contributed by atoms with van der Waals surface area (Å²) in [6.07, 6.45) is 0. The predicted octanol–water partition coefficient (Wildman–Crippen LogP) is 15.5. The second-order valence-electron chi connectivity index (χ2n) is 13.7. The van der Waals surface area contributed by atoms with Crippen LogP contribution in [0, 0.1) is 0 Å². The largest absolute Gasteiger partial charge is 0.309 e. The zero-order chi connectivity index (χ0) is 34.9. The van der Waals surface area contributed by atoms with Crippen molar-refractivity contribution in [3.05, 3.63) is 188 Å². The molecular weight excluding hydrogens is 679 g/mol. The third-order valence-electron chi connectivity index (χ3n) is 10.7. The fraction of sp³-hybridized carbons (Fsp3) is 0. The molecule has 0 aliphatic heterocycles. The van der Waals surface area contributed by atoms with Gasteiger partial charge >= 0.3 is 0 Å². The van der Waals surface area contributed by atoms with Crippen LogP contribution in [0.5, 0.6) is 0 Å². The Balaban J connectivity index is 1.12. The van der Waals surface area contributed by atoms with Gasteiger partial charge in [0.2, 0.25) is 0 Å². The predicted molar refractivity (Wildman–Crippen MR) is 233 cm³/mol. The van der Waals surface area contributed by atoms with Crippen LogP contribution in [0.3, 0.4) is 0 Å². The molecule has 3 heteroatoms. The molecule has 0 saturated carbocycles. The van der Waals surface area contributed by atoms with Crippen molar-refractivity contribution in [1.29, 1.82) is 0 Å². The second kappa shape index (κ2) is 12.2. The number of fused-ring (bicyclic) bond motifs is 10. The SMILES string of the molecule is c1ccc(-c2ccc(N(c3ccc(-c4cccc5ccccc45)cc3)c3cccc4c3sc3ccc5sc6c7ccccc7ccc6c5c34)cc2)cc1. The van der Waals surface area contributed by atoms with Gasteiger partial charge in [-0.25, -0.2) is 0 Å². The lowest BCUT2D eigenvalue weighted by atomic mass is 9.98. The number of anilines is 3. The summed E-state index contributed by atoms with van der Waals surface area (Å²) < 4.78 is 5.32. The van der Waals surface area contributed by atoms with Crippen LogP contribution in [-0.4, -0.2) is 0 Å². The van der Waals surface area contributed by atoms with Crippen molar-refractivity contribution in [3.63, 3.8) is 0 Å². The molecule has 0 amide bonds. The van der Waals surface area contributed by atoms with E-state index < -0.39 is 0 Å². The molecule has 1 nitrogen and oxygen atoms in total. The lowest BCUT2D eigenvalue weighted by Crippen LogP contribution is -2.10. The van der Waals surface area contributed by atoms with Gasteiger partial charge in [-0.3, -0.25) is 0 Å². The molecule has 248 valence electrons. The molecule has 0 radical (unpaired) electrons. The molecule has 0 N–H and O–H groups in total. The Labute approximate surface area is 315 Å². The molecule has 11 aromatic rings. The van der Waals surface area contributed by atoms with Crippen LogP contribution in [-0.2, 0) is 0 Å². The minimum Gasteiger partial charge on any atom is -0.309 e. The van der Waals surface area contributed by atoms with E-state index in [1.807, 2.05) is 22.7 Å². The number of hydrogen-bond acceptors (Lipinski definition) is 3. The van der Waals surface area contributed by atoms with Crippen molar-refractivity contribution in [3.8, 4) is 22.3 Å². The highest BCUT2D eigenvalue weighted by Gasteiger charge is 2.21. The standard InChI is InChI=1S/C50H31NS2/c1-2-10-32(11-3-1)33-20-25-37(26-21-33)51(38-27-22-36(23-28-38)40-17-8-14-34-12-4-6-15-39(34)40)44-19-9-18-42-47-46(53-50(42)44)31-30-45-48(47)43-29-24-35-13-5-7-16-41(35)49(43)52-45/h1-31H. The molecule has 9 aromatic carbocycles. The normalized spacial score (nSPS) is 11.8. The van der Waals surface area contributed by atoms with E-state index in [2.05, 4.69) is 193 Å². The monoisotopic (exact) mass is 709 g/mol. The van der Waals surface area contributed by atoms with Crippen LogP contribution in [0.25, 0.3) is 84.1 Å². The van der Waals surface area contributed by atoms with Crippen LogP contribution in [0.1, 0.15) is 0 Å². The quantitative estimate of drug-likeness (QED) is 0.172. The fourth-order valence-electron chi connectivity index (χ4n) is 8.17. The van der Waals surface area contributed by atoms with E-state index in [9.17, 15) is 0 Å². The smallest absolute Gasteiger partial charge is 0.0640 e. The Morgan fingerprint density at radius 2 is 0.849 bits per heavy atom. The van der Waals surface area contributed by atoms with E-state index in [1.54, 1.807) is 0 Å². The number of benzene rings is 9. The molecule has 0 bridgehead atoms. The number of rotatable bonds is 5. The van der Waals surface area contributed by atoms with Gasteiger partial charge in [-0.1, -0.05) is 146 Å². The first kappa shape index (κ1) is 30.4. The lowest BCUT2D eigenvalue weighted by molar-refractivity contribution is 1.30. The van der Waals surface area contributed by atoms with Crippen LogP contribution < -0.4 is 4.90 Å². The van der Waals surface area contributed by atoms with Gasteiger partial charge in [-0.05, 0) is 86.3 Å². The van der Waals surface area contributed by atoms with E-state index in [-0.39, 0.29) is 0 Å². The highest BCUT2D eigenvalue weighted by molar-refractivity contribution is 7.28. The summed E-state index contributed by atoms with van der Waals surface area (Å²) in [6.45, 7) is 0. The van der Waals surface area contributed by atoms with E-state index in [0.29, 0.717) is 0 Å². The van der Waals surface area contributed by atoms with Gasteiger partial charge in [-0.2, -0.15) is 0 Å². The summed E-state index contributed by atoms with van der Waals surface area (Å²) in [5.41, 5.74) is 8.33. The summed E-state index contributed by atoms with van der Waals surface area (Å²) in [4.78, 5) is 2.44. The van der Waals surface area contributed by atoms with E-state index in [4.69, 9.17) is 0 Å². The van der Waals surface area contributed by atoms with Gasteiger partial charge in [-0.15, -0.1) is 22.7 Å². The minimum atomic E-state index is 1.13. The van der Waals surface area contributed by atoms with Crippen molar-refractivity contribution in [2.24, 2.45) is 0 Å². The summed E-state index contributed by atoms with van der Waals surface area (Å²) >= 11 is 3.82. The van der Waals surface area contributed by atoms with E-state index in [1.165, 1.54) is 89.8 Å². The van der Waals surface area contributed by atoms with Crippen molar-refractivity contribution >= 4 is 102 Å². The van der Waals surface area contributed by atoms with Crippen molar-refractivity contribution in [1.82, 2.24) is 0 Å². The first-order valence-corrected chi connectivity index (χ1v) is 19.6. The second-order valence-corrected chi connectivity index (χ2v) is 15.8. The van der Waals surface area contributed by atoms with Crippen LogP contribution >= 0.6 is 22.7 Å². The average molecular weight is 710 g/mol. The van der Waals surface area contributed by atoms with Crippen molar-refractivity contribution in [2.75, 3.05) is 4.90 Å². The zero-order valence-corrected chi connectivity index (χ0v) is 30.3. The molecule has 0 spiro atoms. The Morgan fingerprint density at radius 3 is 1.58 bits per heavy atom. The summed E-state index contributed by atoms with van der Waals surface area (Å²) in [5.74, 6) is 0. The van der Waals surface area contributed by atoms with Crippen LogP contribution in [0.2, 0.25) is 0 Å². The molecule has 0 fully saturated rings. The van der Waals surface area contributed by atoms with Gasteiger partial charge in [0.15, 0.2) is 0 Å². The topological polar surface area (TPSA) is 3.24 Å². The molecule has 53 heavy (non-hydrogen) atoms. The maximum atomic E-state index is 2.44. The molecule has 0 unspecified atom stereocenters. The highest BCUT2D eigenvalue weighted by Crippen LogP contribution is 2.50. The molecule has 0 aliphatic carbocycles. The van der Waals surface area contributed by atoms with Gasteiger partial charge in [0.1, 0.15) is 0 Å². The van der Waals surface area contributed by atoms with Gasteiger partial charge in [0.05, 0.1) is 10.4 Å². The Bertz CT molecular complexity index is 3150. The Kier molecular flexibility index (Phi) is 6.97. The van der Waals surface area contributed by atoms with Gasteiger partial charge in [0, 0.05) is 47.0 Å². The fourth-order valence-corrected chi connectivity index (χ4v) is 10.6. The molecule has 0 atom stereocenters. The lowest BCUT2D eigenvalue weighted by Gasteiger charge is -2.26. The molecule has 2 aromatic heterocycles. The number of thiophene rings is 2. The summed E-state index contributed by atoms with van der Waals surface area (Å²) in [7, 11) is 0. The highest BCUT2D eigenvalue weighted by atomic mass is 32.1. The molecule has 11 rings (SSSR count). The summed E-state index contributed by atoms with van der Waals surface area (Å²) in [6, 6.07) is 68.9. The van der Waals surface area contributed by atoms with Crippen molar-refractivity contribution in [2.45, 2.75) is 0 Å². The van der Waals surface area contributed by atoms with Gasteiger partial charge in [0.25, 0.3) is 0 Å².